The van der Waals surface area contributed by atoms with Gasteiger partial charge in [-0.15, -0.1) is 0 Å². The van der Waals surface area contributed by atoms with Crippen molar-refractivity contribution in [2.75, 3.05) is 13.2 Å². The molecule has 0 aliphatic heterocycles. The standard InChI is InChI=1S/C62H114O12/c1-7-13-19-31-37-53(71-59(65)43-27-15-9-3)47-49-55(73-61(67)45-29-17-11-5)39-33-23-21-25-35-41-57(63)69-51-52-70-58(64)42-36-26-22-24-34-40-56(74-62(68)46-30-18-12-6)50-48-54(38-32-20-14-8-2)72-60(66)44-28-16-10-4/h53-56H,7-52H2,1-6H3. The molecule has 0 aromatic carbocycles. The minimum Gasteiger partial charge on any atom is -0.462 e. The van der Waals surface area contributed by atoms with Crippen LogP contribution in [-0.4, -0.2) is 73.4 Å². The molecular weight excluding hydrogens is 937 g/mol. The zero-order chi connectivity index (χ0) is 54.5. The van der Waals surface area contributed by atoms with Crippen LogP contribution in [0.2, 0.25) is 0 Å². The van der Waals surface area contributed by atoms with Crippen LogP contribution in [-0.2, 0) is 57.2 Å². The monoisotopic (exact) mass is 1050 g/mol. The Morgan fingerprint density at radius 2 is 0.419 bits per heavy atom. The van der Waals surface area contributed by atoms with Crippen LogP contribution < -0.4 is 0 Å². The summed E-state index contributed by atoms with van der Waals surface area (Å²) < 4.78 is 34.6. The van der Waals surface area contributed by atoms with Crippen molar-refractivity contribution in [3.05, 3.63) is 0 Å². The first-order valence-electron chi connectivity index (χ1n) is 31.1. The van der Waals surface area contributed by atoms with Gasteiger partial charge in [0.25, 0.3) is 0 Å². The van der Waals surface area contributed by atoms with Crippen LogP contribution >= 0.6 is 0 Å². The van der Waals surface area contributed by atoms with Crippen molar-refractivity contribution in [1.82, 2.24) is 0 Å². The predicted octanol–water partition coefficient (Wildman–Crippen LogP) is 17.0. The third-order valence-corrected chi connectivity index (χ3v) is 13.9. The normalized spacial score (nSPS) is 12.9. The lowest BCUT2D eigenvalue weighted by atomic mass is 9.99. The second-order valence-electron chi connectivity index (χ2n) is 21.2. The average molecular weight is 1050 g/mol. The molecule has 0 heterocycles. The Balaban J connectivity index is 4.62. The highest BCUT2D eigenvalue weighted by atomic mass is 16.6. The predicted molar refractivity (Wildman–Crippen MR) is 299 cm³/mol. The molecular formula is C62H114O12. The van der Waals surface area contributed by atoms with E-state index in [9.17, 15) is 28.8 Å². The second-order valence-corrected chi connectivity index (χ2v) is 21.2. The van der Waals surface area contributed by atoms with Crippen molar-refractivity contribution < 1.29 is 57.2 Å². The van der Waals surface area contributed by atoms with Gasteiger partial charge in [0.05, 0.1) is 0 Å². The molecule has 0 fully saturated rings. The van der Waals surface area contributed by atoms with Gasteiger partial charge in [-0.2, -0.15) is 0 Å². The first-order valence-corrected chi connectivity index (χ1v) is 31.1. The van der Waals surface area contributed by atoms with Gasteiger partial charge in [0, 0.05) is 38.5 Å². The zero-order valence-corrected chi connectivity index (χ0v) is 48.7. The molecule has 0 bridgehead atoms. The van der Waals surface area contributed by atoms with E-state index in [1.807, 2.05) is 0 Å². The molecule has 0 aliphatic carbocycles. The van der Waals surface area contributed by atoms with E-state index in [2.05, 4.69) is 41.5 Å². The van der Waals surface area contributed by atoms with Gasteiger partial charge in [-0.1, -0.05) is 170 Å². The molecule has 12 heteroatoms. The summed E-state index contributed by atoms with van der Waals surface area (Å²) in [5, 5.41) is 0. The van der Waals surface area contributed by atoms with Crippen molar-refractivity contribution in [2.45, 2.75) is 348 Å². The maximum atomic E-state index is 12.7. The van der Waals surface area contributed by atoms with Crippen molar-refractivity contribution in [1.29, 1.82) is 0 Å². The number of ether oxygens (including phenoxy) is 6. The van der Waals surface area contributed by atoms with Gasteiger partial charge in [0.2, 0.25) is 0 Å². The Bertz CT molecular complexity index is 1250. The van der Waals surface area contributed by atoms with Gasteiger partial charge in [-0.05, 0) is 116 Å². The fourth-order valence-corrected chi connectivity index (χ4v) is 9.25. The SMILES string of the molecule is CCCCCCC(CCC(CCCCCCCC(=O)OCCOC(=O)CCCCCCCC(CCC(CCCCCC)OC(=O)CCCCC)OC(=O)CCCCC)OC(=O)CCCCC)OC(=O)CCCCC. The molecule has 0 saturated carbocycles. The third-order valence-electron chi connectivity index (χ3n) is 13.9. The maximum absolute atomic E-state index is 12.7. The summed E-state index contributed by atoms with van der Waals surface area (Å²) in [5.74, 6) is -1.09. The summed E-state index contributed by atoms with van der Waals surface area (Å²) in [6.45, 7) is 13.0. The lowest BCUT2D eigenvalue weighted by Gasteiger charge is -2.22. The molecule has 434 valence electrons. The van der Waals surface area contributed by atoms with Gasteiger partial charge < -0.3 is 28.4 Å². The fraction of sp³-hybridized carbons (Fsp3) is 0.903. The number of hydrogen-bond donors (Lipinski definition) is 0. The van der Waals surface area contributed by atoms with Crippen LogP contribution in [0.5, 0.6) is 0 Å². The van der Waals surface area contributed by atoms with Gasteiger partial charge >= 0.3 is 35.8 Å². The topological polar surface area (TPSA) is 158 Å². The summed E-state index contributed by atoms with van der Waals surface area (Å²) in [5.41, 5.74) is 0. The summed E-state index contributed by atoms with van der Waals surface area (Å²) in [6, 6.07) is 0. The lowest BCUT2D eigenvalue weighted by Crippen LogP contribution is -2.23. The second kappa shape index (κ2) is 53.2. The molecule has 0 radical (unpaired) electrons. The molecule has 0 spiro atoms. The molecule has 0 saturated heterocycles. The molecule has 4 atom stereocenters. The number of hydrogen-bond acceptors (Lipinski definition) is 12. The van der Waals surface area contributed by atoms with E-state index in [1.165, 1.54) is 12.8 Å². The van der Waals surface area contributed by atoms with E-state index in [4.69, 9.17) is 28.4 Å². The largest absolute Gasteiger partial charge is 0.462 e. The number of unbranched alkanes of at least 4 members (excludes halogenated alkanes) is 22. The van der Waals surface area contributed by atoms with Crippen LogP contribution in [0.15, 0.2) is 0 Å². The molecule has 0 amide bonds. The quantitative estimate of drug-likeness (QED) is 0.0323. The molecule has 74 heavy (non-hydrogen) atoms. The first-order chi connectivity index (χ1) is 36.0. The molecule has 0 aromatic heterocycles. The minimum atomic E-state index is -0.289. The summed E-state index contributed by atoms with van der Waals surface area (Å²) >= 11 is 0. The highest BCUT2D eigenvalue weighted by molar-refractivity contribution is 5.71. The van der Waals surface area contributed by atoms with Crippen molar-refractivity contribution >= 4 is 35.8 Å². The lowest BCUT2D eigenvalue weighted by molar-refractivity contribution is -0.154. The number of rotatable bonds is 55. The van der Waals surface area contributed by atoms with Crippen LogP contribution in [0.1, 0.15) is 324 Å². The van der Waals surface area contributed by atoms with E-state index in [0.29, 0.717) is 64.2 Å². The molecule has 0 rings (SSSR count). The molecule has 12 nitrogen and oxygen atoms in total. The smallest absolute Gasteiger partial charge is 0.306 e. The Morgan fingerprint density at radius 3 is 0.676 bits per heavy atom. The van der Waals surface area contributed by atoms with Crippen LogP contribution in [0, 0.1) is 0 Å². The van der Waals surface area contributed by atoms with Crippen LogP contribution in [0.4, 0.5) is 0 Å². The highest BCUT2D eigenvalue weighted by Gasteiger charge is 2.22. The van der Waals surface area contributed by atoms with E-state index < -0.39 is 0 Å². The summed E-state index contributed by atoms with van der Waals surface area (Å²) in [7, 11) is 0. The minimum absolute atomic E-state index is 0.0477. The summed E-state index contributed by atoms with van der Waals surface area (Å²) in [6.07, 6.45) is 37.3. The number of carbonyl (C=O) groups excluding carboxylic acids is 6. The average Bonchev–Trinajstić information content (AvgIpc) is 3.37. The first kappa shape index (κ1) is 70.8. The van der Waals surface area contributed by atoms with E-state index in [0.717, 1.165) is 205 Å². The third kappa shape index (κ3) is 47.3. The van der Waals surface area contributed by atoms with Crippen LogP contribution in [0.3, 0.4) is 0 Å². The Morgan fingerprint density at radius 1 is 0.230 bits per heavy atom. The molecule has 0 aliphatic rings. The number of esters is 6. The van der Waals surface area contributed by atoms with Gasteiger partial charge in [-0.3, -0.25) is 28.8 Å². The zero-order valence-electron chi connectivity index (χ0n) is 48.7. The Kier molecular flexibility index (Phi) is 50.9. The van der Waals surface area contributed by atoms with Gasteiger partial charge in [0.1, 0.15) is 37.6 Å². The molecule has 4 unspecified atom stereocenters. The Hall–Kier alpha value is -3.18. The van der Waals surface area contributed by atoms with Gasteiger partial charge in [0.15, 0.2) is 0 Å². The van der Waals surface area contributed by atoms with Crippen LogP contribution in [0.25, 0.3) is 0 Å². The number of carbonyl (C=O) groups is 6. The Labute approximate surface area is 453 Å². The molecule has 0 aromatic rings. The van der Waals surface area contributed by atoms with E-state index >= 15 is 0 Å². The van der Waals surface area contributed by atoms with Crippen molar-refractivity contribution in [3.8, 4) is 0 Å². The highest BCUT2D eigenvalue weighted by Crippen LogP contribution is 2.23. The summed E-state index contributed by atoms with van der Waals surface area (Å²) in [4.78, 5) is 75.5. The van der Waals surface area contributed by atoms with Crippen molar-refractivity contribution in [2.24, 2.45) is 0 Å². The van der Waals surface area contributed by atoms with E-state index in [1.54, 1.807) is 0 Å². The maximum Gasteiger partial charge on any atom is 0.306 e. The van der Waals surface area contributed by atoms with E-state index in [-0.39, 0.29) is 73.4 Å². The fourth-order valence-electron chi connectivity index (χ4n) is 9.25. The molecule has 0 N–H and O–H groups in total. The van der Waals surface area contributed by atoms with Gasteiger partial charge in [-0.25, -0.2) is 0 Å². The van der Waals surface area contributed by atoms with Crippen molar-refractivity contribution in [3.63, 3.8) is 0 Å².